The normalized spacial score (nSPS) is 20.4. The van der Waals surface area contributed by atoms with E-state index in [0.29, 0.717) is 12.0 Å². The fourth-order valence-corrected chi connectivity index (χ4v) is 3.89. The van der Waals surface area contributed by atoms with Gasteiger partial charge in [0.1, 0.15) is 0 Å². The first kappa shape index (κ1) is 15.8. The number of aromatic nitrogens is 1. The van der Waals surface area contributed by atoms with E-state index in [9.17, 15) is 0 Å². The lowest BCUT2D eigenvalue weighted by atomic mass is 10.1. The van der Waals surface area contributed by atoms with Crippen LogP contribution in [0.15, 0.2) is 0 Å². The molecule has 1 fully saturated rings. The van der Waals surface area contributed by atoms with E-state index >= 15 is 0 Å². The minimum absolute atomic E-state index is 0.638. The maximum Gasteiger partial charge on any atom is 0.186 e. The molecule has 1 aliphatic rings. The van der Waals surface area contributed by atoms with Gasteiger partial charge in [0.2, 0.25) is 0 Å². The van der Waals surface area contributed by atoms with Gasteiger partial charge >= 0.3 is 0 Å². The smallest absolute Gasteiger partial charge is 0.186 e. The van der Waals surface area contributed by atoms with Crippen LogP contribution in [0, 0.1) is 12.8 Å². The molecule has 1 aliphatic heterocycles. The Morgan fingerprint density at radius 2 is 2.15 bits per heavy atom. The Labute approximate surface area is 127 Å². The van der Waals surface area contributed by atoms with Gasteiger partial charge in [-0.1, -0.05) is 26.7 Å². The largest absolute Gasteiger partial charge is 0.345 e. The van der Waals surface area contributed by atoms with Crippen LogP contribution in [0.2, 0.25) is 0 Å². The Bertz CT molecular complexity index is 414. The van der Waals surface area contributed by atoms with E-state index in [1.54, 1.807) is 0 Å². The molecule has 0 aromatic carbocycles. The number of anilines is 1. The van der Waals surface area contributed by atoms with E-state index in [4.69, 9.17) is 4.98 Å². The van der Waals surface area contributed by atoms with E-state index in [0.717, 1.165) is 13.1 Å². The number of nitrogens with one attached hydrogen (secondary N) is 1. The first-order valence-corrected chi connectivity index (χ1v) is 8.83. The Kier molecular flexibility index (Phi) is 5.85. The molecule has 1 unspecified atom stereocenters. The second-order valence-corrected chi connectivity index (χ2v) is 7.48. The number of nitrogens with zero attached hydrogens (tertiary/aromatic N) is 2. The van der Waals surface area contributed by atoms with Gasteiger partial charge in [0, 0.05) is 24.0 Å². The standard InChI is InChI=1S/C16H29N3S/c1-12(2)10-17-11-15-14(4)18-16(20-15)19-9-7-5-6-8-13(19)3/h12-13,17H,5-11H2,1-4H3. The summed E-state index contributed by atoms with van der Waals surface area (Å²) in [6, 6.07) is 0.638. The van der Waals surface area contributed by atoms with E-state index in [2.05, 4.69) is 37.9 Å². The summed E-state index contributed by atoms with van der Waals surface area (Å²) in [5.41, 5.74) is 1.21. The van der Waals surface area contributed by atoms with Gasteiger partial charge < -0.3 is 10.2 Å². The number of thiazole rings is 1. The van der Waals surface area contributed by atoms with E-state index in [1.807, 2.05) is 11.3 Å². The van der Waals surface area contributed by atoms with Crippen molar-refractivity contribution in [3.05, 3.63) is 10.6 Å². The van der Waals surface area contributed by atoms with Crippen LogP contribution in [0.1, 0.15) is 57.0 Å². The van der Waals surface area contributed by atoms with E-state index in [-0.39, 0.29) is 0 Å². The molecule has 0 saturated carbocycles. The quantitative estimate of drug-likeness (QED) is 0.891. The monoisotopic (exact) mass is 295 g/mol. The third kappa shape index (κ3) is 4.19. The van der Waals surface area contributed by atoms with Crippen molar-refractivity contribution in [3.63, 3.8) is 0 Å². The van der Waals surface area contributed by atoms with Crippen LogP contribution < -0.4 is 10.2 Å². The van der Waals surface area contributed by atoms with Crippen LogP contribution >= 0.6 is 11.3 Å². The topological polar surface area (TPSA) is 28.2 Å². The summed E-state index contributed by atoms with van der Waals surface area (Å²) in [5.74, 6) is 0.702. The molecule has 0 amide bonds. The van der Waals surface area contributed by atoms with Gasteiger partial charge in [-0.15, -0.1) is 11.3 Å². The van der Waals surface area contributed by atoms with E-state index < -0.39 is 0 Å². The van der Waals surface area contributed by atoms with Gasteiger partial charge in [-0.25, -0.2) is 4.98 Å². The molecule has 4 heteroatoms. The molecule has 1 N–H and O–H groups in total. The summed E-state index contributed by atoms with van der Waals surface area (Å²) in [6.45, 7) is 12.2. The second-order valence-electron chi connectivity index (χ2n) is 6.42. The third-order valence-electron chi connectivity index (χ3n) is 4.02. The molecule has 114 valence electrons. The zero-order valence-electron chi connectivity index (χ0n) is 13.4. The molecule has 2 heterocycles. The molecule has 1 aromatic heterocycles. The van der Waals surface area contributed by atoms with Crippen LogP contribution in [0.5, 0.6) is 0 Å². The average molecular weight is 295 g/mol. The predicted molar refractivity (Wildman–Crippen MR) is 88.7 cm³/mol. The summed E-state index contributed by atoms with van der Waals surface area (Å²) in [5, 5.41) is 4.77. The van der Waals surface area contributed by atoms with E-state index in [1.165, 1.54) is 47.9 Å². The van der Waals surface area contributed by atoms with Crippen molar-refractivity contribution >= 4 is 16.5 Å². The van der Waals surface area contributed by atoms with Gasteiger partial charge in [-0.3, -0.25) is 0 Å². The Hall–Kier alpha value is -0.610. The minimum atomic E-state index is 0.638. The lowest BCUT2D eigenvalue weighted by molar-refractivity contribution is 0.554. The van der Waals surface area contributed by atoms with Crippen LogP contribution in [0.4, 0.5) is 5.13 Å². The van der Waals surface area contributed by atoms with Crippen LogP contribution in [-0.2, 0) is 6.54 Å². The summed E-state index contributed by atoms with van der Waals surface area (Å²) in [6.07, 6.45) is 5.35. The highest BCUT2D eigenvalue weighted by molar-refractivity contribution is 7.15. The fourth-order valence-electron chi connectivity index (χ4n) is 2.73. The Balaban J connectivity index is 2.01. The summed E-state index contributed by atoms with van der Waals surface area (Å²) < 4.78 is 0. The van der Waals surface area contributed by atoms with Gasteiger partial charge in [-0.2, -0.15) is 0 Å². The number of hydrogen-bond acceptors (Lipinski definition) is 4. The molecule has 3 nitrogen and oxygen atoms in total. The number of aryl methyl sites for hydroxylation is 1. The second kappa shape index (κ2) is 7.41. The molecular formula is C16H29N3S. The first-order chi connectivity index (χ1) is 9.58. The van der Waals surface area contributed by atoms with Crippen molar-refractivity contribution in [1.29, 1.82) is 0 Å². The Morgan fingerprint density at radius 1 is 1.35 bits per heavy atom. The number of rotatable bonds is 5. The molecule has 0 spiro atoms. The summed E-state index contributed by atoms with van der Waals surface area (Å²) in [7, 11) is 0. The molecular weight excluding hydrogens is 266 g/mol. The van der Waals surface area contributed by atoms with Crippen molar-refractivity contribution in [2.24, 2.45) is 5.92 Å². The molecule has 0 aliphatic carbocycles. The van der Waals surface area contributed by atoms with Crippen molar-refractivity contribution in [2.75, 3.05) is 18.0 Å². The predicted octanol–water partition coefficient (Wildman–Crippen LogP) is 3.97. The number of hydrogen-bond donors (Lipinski definition) is 1. The molecule has 0 radical (unpaired) electrons. The Morgan fingerprint density at radius 3 is 2.90 bits per heavy atom. The SMILES string of the molecule is Cc1nc(N2CCCCCC2C)sc1CNCC(C)C. The molecule has 1 saturated heterocycles. The zero-order valence-corrected chi connectivity index (χ0v) is 14.2. The summed E-state index contributed by atoms with van der Waals surface area (Å²) in [4.78, 5) is 8.75. The van der Waals surface area contributed by atoms with Crippen LogP contribution in [0.3, 0.4) is 0 Å². The molecule has 1 atom stereocenters. The van der Waals surface area contributed by atoms with Gasteiger partial charge in [0.05, 0.1) is 5.69 Å². The maximum absolute atomic E-state index is 4.83. The fraction of sp³-hybridized carbons (Fsp3) is 0.812. The van der Waals surface area contributed by atoms with Crippen LogP contribution in [-0.4, -0.2) is 24.1 Å². The zero-order chi connectivity index (χ0) is 14.5. The van der Waals surface area contributed by atoms with Crippen molar-refractivity contribution in [2.45, 2.75) is 66.0 Å². The summed E-state index contributed by atoms with van der Waals surface area (Å²) >= 11 is 1.88. The van der Waals surface area contributed by atoms with Gasteiger partial charge in [0.25, 0.3) is 0 Å². The highest BCUT2D eigenvalue weighted by atomic mass is 32.1. The highest BCUT2D eigenvalue weighted by Gasteiger charge is 2.21. The van der Waals surface area contributed by atoms with Crippen molar-refractivity contribution < 1.29 is 0 Å². The molecule has 0 bridgehead atoms. The maximum atomic E-state index is 4.83. The van der Waals surface area contributed by atoms with Gasteiger partial charge in [-0.05, 0) is 39.2 Å². The lowest BCUT2D eigenvalue weighted by Gasteiger charge is -2.26. The highest BCUT2D eigenvalue weighted by Crippen LogP contribution is 2.30. The molecule has 20 heavy (non-hydrogen) atoms. The van der Waals surface area contributed by atoms with Crippen molar-refractivity contribution in [3.8, 4) is 0 Å². The lowest BCUT2D eigenvalue weighted by Crippen LogP contribution is -2.32. The van der Waals surface area contributed by atoms with Crippen molar-refractivity contribution in [1.82, 2.24) is 10.3 Å². The minimum Gasteiger partial charge on any atom is -0.345 e. The van der Waals surface area contributed by atoms with Gasteiger partial charge in [0.15, 0.2) is 5.13 Å². The molecule has 2 rings (SSSR count). The third-order valence-corrected chi connectivity index (χ3v) is 5.21. The molecule has 1 aromatic rings. The van der Waals surface area contributed by atoms with Crippen LogP contribution in [0.25, 0.3) is 0 Å². The average Bonchev–Trinajstić information content (AvgIpc) is 2.61. The first-order valence-electron chi connectivity index (χ1n) is 8.01.